The monoisotopic (exact) mass is 344 g/mol. The second kappa shape index (κ2) is 7.82. The van der Waals surface area contributed by atoms with Crippen molar-refractivity contribution in [1.29, 1.82) is 0 Å². The zero-order valence-corrected chi connectivity index (χ0v) is 15.3. The third kappa shape index (κ3) is 4.28. The second-order valence-corrected chi connectivity index (χ2v) is 7.06. The van der Waals surface area contributed by atoms with E-state index in [1.807, 2.05) is 34.7 Å². The van der Waals surface area contributed by atoms with Crippen molar-refractivity contribution >= 4 is 11.7 Å². The van der Waals surface area contributed by atoms with Crippen LogP contribution in [0.15, 0.2) is 24.7 Å². The molecule has 1 aliphatic rings. The van der Waals surface area contributed by atoms with E-state index in [9.17, 15) is 4.79 Å². The Morgan fingerprint density at radius 1 is 1.32 bits per heavy atom. The number of aromatic nitrogens is 4. The zero-order valence-electron chi connectivity index (χ0n) is 15.3. The second-order valence-electron chi connectivity index (χ2n) is 7.06. The average Bonchev–Trinajstić information content (AvgIpc) is 3.32. The fourth-order valence-corrected chi connectivity index (χ4v) is 3.35. The molecule has 2 unspecified atom stereocenters. The lowest BCUT2D eigenvalue weighted by molar-refractivity contribution is -0.115. The summed E-state index contributed by atoms with van der Waals surface area (Å²) >= 11 is 0. The lowest BCUT2D eigenvalue weighted by Gasteiger charge is -2.22. The van der Waals surface area contributed by atoms with Crippen LogP contribution in [0.25, 0.3) is 0 Å². The van der Waals surface area contributed by atoms with Crippen molar-refractivity contribution in [1.82, 2.24) is 24.9 Å². The Bertz CT molecular complexity index is 700. The van der Waals surface area contributed by atoms with Crippen LogP contribution < -0.4 is 10.6 Å². The number of nitrogens with one attached hydrogen (secondary N) is 2. The van der Waals surface area contributed by atoms with Crippen LogP contribution in [0.3, 0.4) is 0 Å². The van der Waals surface area contributed by atoms with Crippen molar-refractivity contribution in [2.45, 2.75) is 64.6 Å². The van der Waals surface area contributed by atoms with Crippen molar-refractivity contribution in [2.75, 3.05) is 11.9 Å². The molecule has 1 saturated carbocycles. The first-order chi connectivity index (χ1) is 12.0. The van der Waals surface area contributed by atoms with Gasteiger partial charge >= 0.3 is 0 Å². The number of aryl methyl sites for hydroxylation is 1. The van der Waals surface area contributed by atoms with E-state index < -0.39 is 0 Å². The van der Waals surface area contributed by atoms with Crippen molar-refractivity contribution < 1.29 is 4.79 Å². The van der Waals surface area contributed by atoms with Crippen LogP contribution in [0.1, 0.15) is 57.2 Å². The molecule has 2 N–H and O–H groups in total. The van der Waals surface area contributed by atoms with E-state index in [4.69, 9.17) is 0 Å². The third-order valence-corrected chi connectivity index (χ3v) is 5.06. The molecule has 7 heteroatoms. The van der Waals surface area contributed by atoms with Gasteiger partial charge < -0.3 is 10.6 Å². The molecule has 0 spiro atoms. The SMILES string of the molecule is Cc1cnn(C(C)C(C)NCC(=O)Nc2ccnn2C2CCCC2)c1. The molecule has 0 aromatic carbocycles. The largest absolute Gasteiger partial charge is 0.310 e. The molecule has 0 saturated heterocycles. The molecule has 2 heterocycles. The van der Waals surface area contributed by atoms with Crippen LogP contribution in [0, 0.1) is 6.92 Å². The Morgan fingerprint density at radius 2 is 2.08 bits per heavy atom. The molecule has 7 nitrogen and oxygen atoms in total. The van der Waals surface area contributed by atoms with E-state index in [0.29, 0.717) is 6.04 Å². The maximum Gasteiger partial charge on any atom is 0.239 e. The highest BCUT2D eigenvalue weighted by atomic mass is 16.2. The van der Waals surface area contributed by atoms with Gasteiger partial charge in [0.2, 0.25) is 5.91 Å². The smallest absolute Gasteiger partial charge is 0.239 e. The van der Waals surface area contributed by atoms with E-state index >= 15 is 0 Å². The molecule has 1 amide bonds. The molecule has 25 heavy (non-hydrogen) atoms. The molecule has 136 valence electrons. The number of anilines is 1. The Hall–Kier alpha value is -2.15. The molecule has 0 aliphatic heterocycles. The fraction of sp³-hybridized carbons (Fsp3) is 0.611. The first-order valence-electron chi connectivity index (χ1n) is 9.12. The van der Waals surface area contributed by atoms with E-state index in [2.05, 4.69) is 34.7 Å². The molecule has 2 atom stereocenters. The first-order valence-corrected chi connectivity index (χ1v) is 9.12. The minimum Gasteiger partial charge on any atom is -0.310 e. The number of amides is 1. The number of rotatable bonds is 7. The molecular formula is C18H28N6O. The van der Waals surface area contributed by atoms with Gasteiger partial charge in [-0.3, -0.25) is 9.48 Å². The van der Waals surface area contributed by atoms with Gasteiger partial charge in [0, 0.05) is 18.3 Å². The van der Waals surface area contributed by atoms with Crippen LogP contribution in [-0.4, -0.2) is 38.1 Å². The summed E-state index contributed by atoms with van der Waals surface area (Å²) in [6.45, 7) is 6.45. The van der Waals surface area contributed by atoms with Crippen LogP contribution >= 0.6 is 0 Å². The molecule has 0 bridgehead atoms. The number of carbonyl (C=O) groups is 1. The van der Waals surface area contributed by atoms with Crippen molar-refractivity contribution in [3.05, 3.63) is 30.2 Å². The van der Waals surface area contributed by atoms with E-state index in [-0.39, 0.29) is 24.5 Å². The highest BCUT2D eigenvalue weighted by Crippen LogP contribution is 2.31. The topological polar surface area (TPSA) is 76.8 Å². The summed E-state index contributed by atoms with van der Waals surface area (Å²) in [5, 5.41) is 15.0. The molecule has 3 rings (SSSR count). The van der Waals surface area contributed by atoms with Crippen LogP contribution in [-0.2, 0) is 4.79 Å². The van der Waals surface area contributed by atoms with Gasteiger partial charge in [0.1, 0.15) is 5.82 Å². The summed E-state index contributed by atoms with van der Waals surface area (Å²) in [5.41, 5.74) is 1.14. The van der Waals surface area contributed by atoms with Gasteiger partial charge in [-0.15, -0.1) is 0 Å². The first kappa shape index (κ1) is 17.7. The molecule has 1 aliphatic carbocycles. The summed E-state index contributed by atoms with van der Waals surface area (Å²) in [4.78, 5) is 12.3. The minimum absolute atomic E-state index is 0.0459. The summed E-state index contributed by atoms with van der Waals surface area (Å²) < 4.78 is 3.89. The Kier molecular flexibility index (Phi) is 5.53. The zero-order chi connectivity index (χ0) is 17.8. The number of carbonyl (C=O) groups excluding carboxylic acids is 1. The van der Waals surface area contributed by atoms with Crippen molar-refractivity contribution in [3.63, 3.8) is 0 Å². The quantitative estimate of drug-likeness (QED) is 0.809. The third-order valence-electron chi connectivity index (χ3n) is 5.06. The van der Waals surface area contributed by atoms with Gasteiger partial charge in [-0.05, 0) is 39.2 Å². The van der Waals surface area contributed by atoms with Gasteiger partial charge in [0.25, 0.3) is 0 Å². The number of hydrogen-bond acceptors (Lipinski definition) is 4. The summed E-state index contributed by atoms with van der Waals surface area (Å²) in [5.74, 6) is 0.748. The summed E-state index contributed by atoms with van der Waals surface area (Å²) in [6.07, 6.45) is 10.4. The standard InChI is InChI=1S/C18H28N6O/c1-13-10-21-23(12-13)15(3)14(2)19-11-18(25)22-17-8-9-20-24(17)16-6-4-5-7-16/h8-10,12,14-16,19H,4-7,11H2,1-3H3,(H,22,25). The normalized spacial score (nSPS) is 17.6. The van der Waals surface area contributed by atoms with Gasteiger partial charge in [0.05, 0.1) is 31.0 Å². The molecule has 2 aromatic rings. The predicted molar refractivity (Wildman–Crippen MR) is 97.5 cm³/mol. The summed E-state index contributed by atoms with van der Waals surface area (Å²) in [6, 6.07) is 2.59. The van der Waals surface area contributed by atoms with Gasteiger partial charge in [0.15, 0.2) is 0 Å². The molecular weight excluding hydrogens is 316 g/mol. The fourth-order valence-electron chi connectivity index (χ4n) is 3.35. The Balaban J connectivity index is 1.50. The van der Waals surface area contributed by atoms with E-state index in [0.717, 1.165) is 24.2 Å². The van der Waals surface area contributed by atoms with Gasteiger partial charge in [-0.2, -0.15) is 10.2 Å². The van der Waals surface area contributed by atoms with Crippen molar-refractivity contribution in [2.24, 2.45) is 0 Å². The Labute approximate surface area is 148 Å². The van der Waals surface area contributed by atoms with Crippen LogP contribution in [0.5, 0.6) is 0 Å². The number of hydrogen-bond donors (Lipinski definition) is 2. The summed E-state index contributed by atoms with van der Waals surface area (Å²) in [7, 11) is 0. The maximum absolute atomic E-state index is 12.3. The lowest BCUT2D eigenvalue weighted by atomic mass is 10.2. The minimum atomic E-state index is -0.0459. The van der Waals surface area contributed by atoms with Crippen LogP contribution in [0.2, 0.25) is 0 Å². The highest BCUT2D eigenvalue weighted by Gasteiger charge is 2.21. The Morgan fingerprint density at radius 3 is 2.76 bits per heavy atom. The van der Waals surface area contributed by atoms with E-state index in [1.165, 1.54) is 12.8 Å². The van der Waals surface area contributed by atoms with Gasteiger partial charge in [-0.25, -0.2) is 4.68 Å². The molecule has 2 aromatic heterocycles. The average molecular weight is 344 g/mol. The lowest BCUT2D eigenvalue weighted by Crippen LogP contribution is -2.39. The van der Waals surface area contributed by atoms with E-state index in [1.54, 1.807) is 6.20 Å². The maximum atomic E-state index is 12.3. The van der Waals surface area contributed by atoms with Crippen LogP contribution in [0.4, 0.5) is 5.82 Å². The molecule has 1 fully saturated rings. The molecule has 0 radical (unpaired) electrons. The predicted octanol–water partition coefficient (Wildman–Crippen LogP) is 2.68. The number of nitrogens with zero attached hydrogens (tertiary/aromatic N) is 4. The highest BCUT2D eigenvalue weighted by molar-refractivity contribution is 5.91. The van der Waals surface area contributed by atoms with Gasteiger partial charge in [-0.1, -0.05) is 12.8 Å². The van der Waals surface area contributed by atoms with Crippen molar-refractivity contribution in [3.8, 4) is 0 Å².